The van der Waals surface area contributed by atoms with Crippen LogP contribution >= 0.6 is 15.9 Å². The SMILES string of the molecule is COc1ccc(C)cc1C(=O)Nc1ncc(Br)cc1C. The number of pyridine rings is 1. The van der Waals surface area contributed by atoms with Gasteiger partial charge in [-0.25, -0.2) is 4.98 Å². The Labute approximate surface area is 126 Å². The van der Waals surface area contributed by atoms with Crippen LogP contribution in [0.4, 0.5) is 5.82 Å². The van der Waals surface area contributed by atoms with Crippen LogP contribution in [0, 0.1) is 13.8 Å². The molecule has 1 heterocycles. The molecule has 0 spiro atoms. The van der Waals surface area contributed by atoms with Crippen molar-refractivity contribution in [3.05, 3.63) is 51.6 Å². The molecule has 0 aliphatic heterocycles. The number of benzene rings is 1. The van der Waals surface area contributed by atoms with E-state index in [9.17, 15) is 4.79 Å². The first kappa shape index (κ1) is 14.5. The van der Waals surface area contributed by atoms with Gasteiger partial charge in [-0.3, -0.25) is 4.79 Å². The summed E-state index contributed by atoms with van der Waals surface area (Å²) in [5.74, 6) is 0.855. The molecule has 0 radical (unpaired) electrons. The van der Waals surface area contributed by atoms with E-state index in [2.05, 4.69) is 26.2 Å². The van der Waals surface area contributed by atoms with Crippen molar-refractivity contribution in [3.63, 3.8) is 0 Å². The number of aromatic nitrogens is 1. The fraction of sp³-hybridized carbons (Fsp3) is 0.200. The second-order valence-corrected chi connectivity index (χ2v) is 5.39. The summed E-state index contributed by atoms with van der Waals surface area (Å²) in [6.45, 7) is 3.82. The Balaban J connectivity index is 2.30. The molecule has 2 aromatic rings. The molecule has 1 aromatic carbocycles. The van der Waals surface area contributed by atoms with Crippen LogP contribution in [0.2, 0.25) is 0 Å². The summed E-state index contributed by atoms with van der Waals surface area (Å²) in [6.07, 6.45) is 1.65. The maximum Gasteiger partial charge on any atom is 0.260 e. The Morgan fingerprint density at radius 2 is 2.05 bits per heavy atom. The van der Waals surface area contributed by atoms with Gasteiger partial charge in [-0.1, -0.05) is 11.6 Å². The predicted octanol–water partition coefficient (Wildman–Crippen LogP) is 3.72. The fourth-order valence-electron chi connectivity index (χ4n) is 1.85. The summed E-state index contributed by atoms with van der Waals surface area (Å²) in [5.41, 5.74) is 2.38. The van der Waals surface area contributed by atoms with Gasteiger partial charge in [0.1, 0.15) is 11.6 Å². The average Bonchev–Trinajstić information content (AvgIpc) is 2.41. The normalized spacial score (nSPS) is 10.2. The number of carbonyl (C=O) groups excluding carboxylic acids is 1. The number of nitrogens with zero attached hydrogens (tertiary/aromatic N) is 1. The van der Waals surface area contributed by atoms with Gasteiger partial charge in [0.2, 0.25) is 0 Å². The lowest BCUT2D eigenvalue weighted by molar-refractivity contribution is 0.102. The van der Waals surface area contributed by atoms with Gasteiger partial charge in [0.25, 0.3) is 5.91 Å². The molecule has 0 saturated heterocycles. The molecule has 1 aromatic heterocycles. The Bertz CT molecular complexity index is 656. The summed E-state index contributed by atoms with van der Waals surface area (Å²) in [5, 5.41) is 2.80. The number of hydrogen-bond acceptors (Lipinski definition) is 3. The van der Waals surface area contributed by atoms with Gasteiger partial charge in [0.05, 0.1) is 12.7 Å². The molecule has 1 amide bonds. The van der Waals surface area contributed by atoms with Gasteiger partial charge in [0.15, 0.2) is 0 Å². The van der Waals surface area contributed by atoms with Crippen molar-refractivity contribution in [2.24, 2.45) is 0 Å². The van der Waals surface area contributed by atoms with Crippen LogP contribution < -0.4 is 10.1 Å². The van der Waals surface area contributed by atoms with Crippen molar-refractivity contribution in [2.45, 2.75) is 13.8 Å². The number of hydrogen-bond donors (Lipinski definition) is 1. The maximum atomic E-state index is 12.3. The quantitative estimate of drug-likeness (QED) is 0.930. The second kappa shape index (κ2) is 6.05. The molecule has 2 rings (SSSR count). The van der Waals surface area contributed by atoms with E-state index in [-0.39, 0.29) is 5.91 Å². The summed E-state index contributed by atoms with van der Waals surface area (Å²) in [7, 11) is 1.55. The summed E-state index contributed by atoms with van der Waals surface area (Å²) in [6, 6.07) is 7.38. The fourth-order valence-corrected chi connectivity index (χ4v) is 2.29. The summed E-state index contributed by atoms with van der Waals surface area (Å²) < 4.78 is 6.10. The highest BCUT2D eigenvalue weighted by molar-refractivity contribution is 9.10. The van der Waals surface area contributed by atoms with Crippen molar-refractivity contribution in [3.8, 4) is 5.75 Å². The summed E-state index contributed by atoms with van der Waals surface area (Å²) >= 11 is 3.34. The van der Waals surface area contributed by atoms with E-state index in [1.807, 2.05) is 26.0 Å². The van der Waals surface area contributed by atoms with Gasteiger partial charge in [-0.15, -0.1) is 0 Å². The lowest BCUT2D eigenvalue weighted by Gasteiger charge is -2.11. The molecule has 0 aliphatic rings. The molecule has 5 heteroatoms. The lowest BCUT2D eigenvalue weighted by Crippen LogP contribution is -2.15. The van der Waals surface area contributed by atoms with E-state index >= 15 is 0 Å². The van der Waals surface area contributed by atoms with Crippen molar-refractivity contribution < 1.29 is 9.53 Å². The van der Waals surface area contributed by atoms with Crippen LogP contribution in [0.15, 0.2) is 34.9 Å². The third-order valence-corrected chi connectivity index (χ3v) is 3.31. The Morgan fingerprint density at radius 1 is 1.30 bits per heavy atom. The average molecular weight is 335 g/mol. The largest absolute Gasteiger partial charge is 0.496 e. The number of anilines is 1. The van der Waals surface area contributed by atoms with Crippen molar-refractivity contribution in [1.29, 1.82) is 0 Å². The minimum absolute atomic E-state index is 0.233. The maximum absolute atomic E-state index is 12.3. The highest BCUT2D eigenvalue weighted by atomic mass is 79.9. The molecule has 0 saturated carbocycles. The monoisotopic (exact) mass is 334 g/mol. The first-order valence-electron chi connectivity index (χ1n) is 6.09. The van der Waals surface area contributed by atoms with Gasteiger partial charge in [-0.05, 0) is 53.5 Å². The zero-order valence-corrected chi connectivity index (χ0v) is 13.1. The lowest BCUT2D eigenvalue weighted by atomic mass is 10.1. The predicted molar refractivity (Wildman–Crippen MR) is 82.4 cm³/mol. The minimum atomic E-state index is -0.233. The van der Waals surface area contributed by atoms with Gasteiger partial charge < -0.3 is 10.1 Å². The summed E-state index contributed by atoms with van der Waals surface area (Å²) in [4.78, 5) is 16.5. The second-order valence-electron chi connectivity index (χ2n) is 4.48. The number of nitrogens with one attached hydrogen (secondary N) is 1. The van der Waals surface area contributed by atoms with Crippen LogP contribution in [0.5, 0.6) is 5.75 Å². The third kappa shape index (κ3) is 3.17. The van der Waals surface area contributed by atoms with E-state index in [4.69, 9.17) is 4.74 Å². The molecule has 0 aliphatic carbocycles. The highest BCUT2D eigenvalue weighted by Gasteiger charge is 2.14. The van der Waals surface area contributed by atoms with E-state index in [0.29, 0.717) is 17.1 Å². The third-order valence-electron chi connectivity index (χ3n) is 2.88. The van der Waals surface area contributed by atoms with Gasteiger partial charge >= 0.3 is 0 Å². The van der Waals surface area contributed by atoms with Crippen molar-refractivity contribution in [2.75, 3.05) is 12.4 Å². The highest BCUT2D eigenvalue weighted by Crippen LogP contribution is 2.22. The topological polar surface area (TPSA) is 51.2 Å². The Kier molecular flexibility index (Phi) is 4.39. The smallest absolute Gasteiger partial charge is 0.260 e. The number of halogens is 1. The van der Waals surface area contributed by atoms with Crippen LogP contribution in [0.1, 0.15) is 21.5 Å². The van der Waals surface area contributed by atoms with Crippen LogP contribution in [0.25, 0.3) is 0 Å². The first-order valence-corrected chi connectivity index (χ1v) is 6.88. The molecule has 20 heavy (non-hydrogen) atoms. The van der Waals surface area contributed by atoms with E-state index < -0.39 is 0 Å². The zero-order valence-electron chi connectivity index (χ0n) is 11.5. The molecule has 1 N–H and O–H groups in total. The number of rotatable bonds is 3. The molecule has 0 atom stereocenters. The Hall–Kier alpha value is -1.88. The molecular weight excluding hydrogens is 320 g/mol. The van der Waals surface area contributed by atoms with Gasteiger partial charge in [0, 0.05) is 10.7 Å². The van der Waals surface area contributed by atoms with E-state index in [1.165, 1.54) is 0 Å². The van der Waals surface area contributed by atoms with Gasteiger partial charge in [-0.2, -0.15) is 0 Å². The van der Waals surface area contributed by atoms with Crippen molar-refractivity contribution >= 4 is 27.7 Å². The molecule has 0 unspecified atom stereocenters. The standard InChI is InChI=1S/C15H15BrN2O2/c1-9-4-5-13(20-3)12(6-9)15(19)18-14-10(2)7-11(16)8-17-14/h4-8H,1-3H3,(H,17,18,19). The Morgan fingerprint density at radius 3 is 2.70 bits per heavy atom. The molecular formula is C15H15BrN2O2. The number of carbonyl (C=O) groups is 1. The molecule has 104 valence electrons. The number of ether oxygens (including phenoxy) is 1. The van der Waals surface area contributed by atoms with Crippen molar-refractivity contribution in [1.82, 2.24) is 4.98 Å². The molecule has 0 bridgehead atoms. The van der Waals surface area contributed by atoms with E-state index in [0.717, 1.165) is 15.6 Å². The first-order chi connectivity index (χ1) is 9.51. The molecule has 4 nitrogen and oxygen atoms in total. The van der Waals surface area contributed by atoms with Crippen LogP contribution in [-0.2, 0) is 0 Å². The van der Waals surface area contributed by atoms with Crippen LogP contribution in [0.3, 0.4) is 0 Å². The number of methoxy groups -OCH3 is 1. The molecule has 0 fully saturated rings. The number of aryl methyl sites for hydroxylation is 2. The number of amides is 1. The minimum Gasteiger partial charge on any atom is -0.496 e. The van der Waals surface area contributed by atoms with Crippen LogP contribution in [-0.4, -0.2) is 18.0 Å². The van der Waals surface area contributed by atoms with E-state index in [1.54, 1.807) is 25.4 Å². The zero-order chi connectivity index (χ0) is 14.7.